The fraction of sp³-hybridized carbons (Fsp3) is 0.152. The number of ether oxygens (including phenoxy) is 1. The third-order valence-electron chi connectivity index (χ3n) is 7.80. The Morgan fingerprint density at radius 3 is 2.57 bits per heavy atom. The molecule has 0 aliphatic carbocycles. The topological polar surface area (TPSA) is 64.5 Å². The summed E-state index contributed by atoms with van der Waals surface area (Å²) in [6.45, 7) is 2.75. The van der Waals surface area contributed by atoms with Crippen LogP contribution in [0.3, 0.4) is 0 Å². The predicted octanol–water partition coefficient (Wildman–Crippen LogP) is 7.80. The summed E-state index contributed by atoms with van der Waals surface area (Å²) in [5, 5.41) is 14.7. The summed E-state index contributed by atoms with van der Waals surface area (Å²) in [7, 11) is 4.09. The molecule has 8 rings (SSSR count). The summed E-state index contributed by atoms with van der Waals surface area (Å²) in [5.74, 6) is 3.42. The number of furan rings is 1. The summed E-state index contributed by atoms with van der Waals surface area (Å²) >= 11 is 1.74. The molecule has 8 nitrogen and oxygen atoms in total. The minimum atomic E-state index is 0.684. The van der Waals surface area contributed by atoms with Crippen molar-refractivity contribution in [3.05, 3.63) is 102 Å². The Morgan fingerprint density at radius 2 is 1.67 bits per heavy atom. The molecule has 0 saturated heterocycles. The van der Waals surface area contributed by atoms with E-state index in [1.165, 1.54) is 15.6 Å². The van der Waals surface area contributed by atoms with E-state index in [-0.39, 0.29) is 0 Å². The lowest BCUT2D eigenvalue weighted by Crippen LogP contribution is -2.15. The Balaban J connectivity index is 1.33. The van der Waals surface area contributed by atoms with Crippen molar-refractivity contribution in [3.63, 3.8) is 0 Å². The van der Waals surface area contributed by atoms with Crippen LogP contribution in [0, 0.1) is 6.92 Å². The second kappa shape index (κ2) is 9.53. The second-order valence-corrected chi connectivity index (χ2v) is 11.6. The molecule has 208 valence electrons. The van der Waals surface area contributed by atoms with Crippen molar-refractivity contribution in [2.45, 2.75) is 13.3 Å². The molecule has 0 amide bonds. The van der Waals surface area contributed by atoms with Crippen LogP contribution in [0.25, 0.3) is 32.4 Å². The molecule has 4 aromatic heterocycles. The van der Waals surface area contributed by atoms with Gasteiger partial charge in [0.25, 0.3) is 0 Å². The first kappa shape index (κ1) is 24.8. The van der Waals surface area contributed by atoms with Crippen LogP contribution in [0.2, 0.25) is 0 Å². The zero-order valence-electron chi connectivity index (χ0n) is 23.5. The Kier molecular flexibility index (Phi) is 5.61. The lowest BCUT2D eigenvalue weighted by atomic mass is 10.1. The Hall–Kier alpha value is -5.02. The lowest BCUT2D eigenvalue weighted by Gasteiger charge is -2.20. The molecule has 1 aliphatic heterocycles. The Bertz CT molecular complexity index is 2100. The molecule has 0 bridgehead atoms. The van der Waals surface area contributed by atoms with Crippen LogP contribution < -0.4 is 14.5 Å². The molecule has 5 heterocycles. The summed E-state index contributed by atoms with van der Waals surface area (Å²) in [6, 6.07) is 27.1. The molecule has 0 N–H and O–H groups in total. The number of anilines is 4. The van der Waals surface area contributed by atoms with E-state index in [9.17, 15) is 0 Å². The van der Waals surface area contributed by atoms with E-state index in [2.05, 4.69) is 64.6 Å². The molecule has 0 radical (unpaired) electrons. The molecule has 0 unspecified atom stereocenters. The fourth-order valence-electron chi connectivity index (χ4n) is 5.80. The van der Waals surface area contributed by atoms with Crippen LogP contribution in [0.1, 0.15) is 11.3 Å². The van der Waals surface area contributed by atoms with Crippen molar-refractivity contribution in [1.82, 2.24) is 19.6 Å². The lowest BCUT2D eigenvalue weighted by molar-refractivity contribution is 0.357. The fourth-order valence-corrected chi connectivity index (χ4v) is 6.57. The van der Waals surface area contributed by atoms with Gasteiger partial charge in [-0.3, -0.25) is 4.90 Å². The van der Waals surface area contributed by atoms with Gasteiger partial charge in [0.05, 0.1) is 18.6 Å². The van der Waals surface area contributed by atoms with Gasteiger partial charge in [-0.25, -0.2) is 9.36 Å². The van der Waals surface area contributed by atoms with Crippen LogP contribution in [-0.2, 0) is 6.42 Å². The zero-order chi connectivity index (χ0) is 28.4. The van der Waals surface area contributed by atoms with Gasteiger partial charge in [0, 0.05) is 59.7 Å². The molecule has 0 spiro atoms. The van der Waals surface area contributed by atoms with E-state index >= 15 is 0 Å². The third kappa shape index (κ3) is 3.88. The first-order valence-electron chi connectivity index (χ1n) is 13.9. The number of hydrogen-bond acceptors (Lipinski definition) is 7. The van der Waals surface area contributed by atoms with E-state index in [0.717, 1.165) is 63.3 Å². The van der Waals surface area contributed by atoms with E-state index in [4.69, 9.17) is 19.4 Å². The first-order valence-corrected chi connectivity index (χ1v) is 14.8. The number of hydrogen-bond donors (Lipinski definition) is 0. The highest BCUT2D eigenvalue weighted by molar-refractivity contribution is 7.17. The Labute approximate surface area is 246 Å². The summed E-state index contributed by atoms with van der Waals surface area (Å²) < 4.78 is 17.0. The number of rotatable bonds is 6. The quantitative estimate of drug-likeness (QED) is 0.203. The Morgan fingerprint density at radius 1 is 0.833 bits per heavy atom. The second-order valence-electron chi connectivity index (χ2n) is 10.7. The maximum Gasteiger partial charge on any atom is 0.163 e. The van der Waals surface area contributed by atoms with Gasteiger partial charge in [0.1, 0.15) is 17.3 Å². The van der Waals surface area contributed by atoms with Crippen molar-refractivity contribution in [2.24, 2.45) is 0 Å². The molecule has 0 fully saturated rings. The van der Waals surface area contributed by atoms with Crippen molar-refractivity contribution < 1.29 is 9.15 Å². The summed E-state index contributed by atoms with van der Waals surface area (Å²) in [6.07, 6.45) is 2.57. The molecule has 0 saturated carbocycles. The van der Waals surface area contributed by atoms with Gasteiger partial charge in [0.15, 0.2) is 17.2 Å². The average molecular weight is 573 g/mol. The normalized spacial score (nSPS) is 12.6. The summed E-state index contributed by atoms with van der Waals surface area (Å²) in [4.78, 5) is 4.22. The van der Waals surface area contributed by atoms with Crippen LogP contribution in [0.4, 0.5) is 23.1 Å². The van der Waals surface area contributed by atoms with Crippen LogP contribution in [0.15, 0.2) is 94.9 Å². The zero-order valence-corrected chi connectivity index (χ0v) is 24.3. The van der Waals surface area contributed by atoms with Gasteiger partial charge in [-0.1, -0.05) is 18.2 Å². The number of para-hydroxylation sites is 1. The first-order chi connectivity index (χ1) is 20.5. The van der Waals surface area contributed by atoms with Crippen molar-refractivity contribution in [2.75, 3.05) is 30.5 Å². The highest BCUT2D eigenvalue weighted by Gasteiger charge is 2.26. The molecule has 7 aromatic rings. The van der Waals surface area contributed by atoms with E-state index in [1.807, 2.05) is 59.9 Å². The molecule has 3 aromatic carbocycles. The van der Waals surface area contributed by atoms with Crippen molar-refractivity contribution in [3.8, 4) is 17.1 Å². The number of aromatic nitrogens is 4. The number of thiophene rings is 1. The van der Waals surface area contributed by atoms with Crippen LogP contribution in [-0.4, -0.2) is 40.3 Å². The molecule has 1 aliphatic rings. The number of fused-ring (bicyclic) bond motifs is 3. The van der Waals surface area contributed by atoms with Gasteiger partial charge in [0.2, 0.25) is 0 Å². The average Bonchev–Trinajstić information content (AvgIpc) is 3.82. The number of nitrogens with zero attached hydrogens (tertiary/aromatic N) is 6. The van der Waals surface area contributed by atoms with Gasteiger partial charge in [-0.2, -0.15) is 0 Å². The SMILES string of the molecule is Cc1cc(N(c2ccc3sccc3c2)c2cc(N(C)C)n(-c3cccc4c3CCO4)n2)nn1-c1cccc2ccoc12. The molecular weight excluding hydrogens is 544 g/mol. The van der Waals surface area contributed by atoms with E-state index in [1.54, 1.807) is 17.6 Å². The van der Waals surface area contributed by atoms with Gasteiger partial charge in [-0.15, -0.1) is 21.5 Å². The molecule has 9 heteroatoms. The third-order valence-corrected chi connectivity index (χ3v) is 8.69. The minimum Gasteiger partial charge on any atom is -0.493 e. The molecular formula is C33H28N6O2S. The van der Waals surface area contributed by atoms with Gasteiger partial charge < -0.3 is 14.1 Å². The highest BCUT2D eigenvalue weighted by Crippen LogP contribution is 2.40. The van der Waals surface area contributed by atoms with Crippen LogP contribution in [0.5, 0.6) is 5.75 Å². The maximum atomic E-state index is 5.89. The van der Waals surface area contributed by atoms with Gasteiger partial charge >= 0.3 is 0 Å². The highest BCUT2D eigenvalue weighted by atomic mass is 32.1. The van der Waals surface area contributed by atoms with Gasteiger partial charge in [-0.05, 0) is 66.2 Å². The monoisotopic (exact) mass is 572 g/mol. The van der Waals surface area contributed by atoms with Crippen molar-refractivity contribution in [1.29, 1.82) is 0 Å². The van der Waals surface area contributed by atoms with Crippen molar-refractivity contribution >= 4 is 55.5 Å². The van der Waals surface area contributed by atoms with Crippen LogP contribution >= 0.6 is 11.3 Å². The van der Waals surface area contributed by atoms with E-state index < -0.39 is 0 Å². The predicted molar refractivity (Wildman–Crippen MR) is 169 cm³/mol. The molecule has 42 heavy (non-hydrogen) atoms. The standard InChI is InChI=1S/C33H28N6O2S/c1-21-18-30(34-38(21)27-8-4-6-22-12-15-41-33(22)27)37(24-10-11-29-23(19-24)14-17-42-29)31-20-32(36(2)3)39(35-31)26-7-5-9-28-25(26)13-16-40-28/h4-12,14-15,17-20H,13,16H2,1-3H3. The number of benzene rings is 3. The number of aryl methyl sites for hydroxylation is 1. The molecule has 0 atom stereocenters. The maximum absolute atomic E-state index is 5.89. The minimum absolute atomic E-state index is 0.684. The van der Waals surface area contributed by atoms with E-state index in [0.29, 0.717) is 6.61 Å². The largest absolute Gasteiger partial charge is 0.493 e. The summed E-state index contributed by atoms with van der Waals surface area (Å²) in [5.41, 5.74) is 5.88. The smallest absolute Gasteiger partial charge is 0.163 e.